The molecule has 114 valence electrons. The van der Waals surface area contributed by atoms with Crippen LogP contribution in [-0.4, -0.2) is 18.8 Å². The second-order valence-corrected chi connectivity index (χ2v) is 6.21. The molecule has 3 heteroatoms. The largest absolute Gasteiger partial charge is 0.507 e. The Bertz CT molecular complexity index is 407. The van der Waals surface area contributed by atoms with E-state index < -0.39 is 0 Å². The van der Waals surface area contributed by atoms with Crippen molar-refractivity contribution in [3.8, 4) is 11.5 Å². The molecule has 1 aromatic carbocycles. The van der Waals surface area contributed by atoms with Crippen LogP contribution in [0.2, 0.25) is 0 Å². The van der Waals surface area contributed by atoms with E-state index in [1.807, 2.05) is 12.1 Å². The van der Waals surface area contributed by atoms with Crippen LogP contribution in [0.4, 0.5) is 0 Å². The summed E-state index contributed by atoms with van der Waals surface area (Å²) in [5.41, 5.74) is 0.914. The standard InChI is InChI=1S/C17H29NO2/c1-11(2)16(12(3)4)10-18-13(5)15-8-7-14(20-6)9-17(15)19/h7-9,11-13,16,18-19H,10H2,1-6H3. The minimum Gasteiger partial charge on any atom is -0.507 e. The molecule has 1 unspecified atom stereocenters. The van der Waals surface area contributed by atoms with Crippen LogP contribution in [0, 0.1) is 17.8 Å². The molecule has 1 rings (SSSR count). The molecule has 20 heavy (non-hydrogen) atoms. The number of ether oxygens (including phenoxy) is 1. The van der Waals surface area contributed by atoms with Gasteiger partial charge >= 0.3 is 0 Å². The maximum Gasteiger partial charge on any atom is 0.124 e. The lowest BCUT2D eigenvalue weighted by molar-refractivity contribution is 0.267. The molecule has 0 amide bonds. The molecular weight excluding hydrogens is 250 g/mol. The Morgan fingerprint density at radius 3 is 2.15 bits per heavy atom. The van der Waals surface area contributed by atoms with E-state index in [1.54, 1.807) is 13.2 Å². The predicted molar refractivity (Wildman–Crippen MR) is 84.2 cm³/mol. The van der Waals surface area contributed by atoms with E-state index in [1.165, 1.54) is 0 Å². The van der Waals surface area contributed by atoms with E-state index in [9.17, 15) is 5.11 Å². The second-order valence-electron chi connectivity index (χ2n) is 6.21. The normalized spacial score (nSPS) is 13.2. The van der Waals surface area contributed by atoms with Crippen molar-refractivity contribution in [2.45, 2.75) is 40.7 Å². The fourth-order valence-electron chi connectivity index (χ4n) is 2.68. The summed E-state index contributed by atoms with van der Waals surface area (Å²) in [4.78, 5) is 0. The lowest BCUT2D eigenvalue weighted by atomic mass is 9.85. The maximum atomic E-state index is 10.1. The third kappa shape index (κ3) is 4.41. The quantitative estimate of drug-likeness (QED) is 0.793. The average Bonchev–Trinajstić information content (AvgIpc) is 2.37. The van der Waals surface area contributed by atoms with E-state index in [0.717, 1.165) is 12.1 Å². The van der Waals surface area contributed by atoms with Crippen LogP contribution in [0.5, 0.6) is 11.5 Å². The number of benzene rings is 1. The molecule has 0 bridgehead atoms. The highest BCUT2D eigenvalue weighted by Gasteiger charge is 2.19. The zero-order valence-corrected chi connectivity index (χ0v) is 13.6. The van der Waals surface area contributed by atoms with Gasteiger partial charge in [0.2, 0.25) is 0 Å². The molecule has 0 saturated heterocycles. The zero-order valence-electron chi connectivity index (χ0n) is 13.6. The van der Waals surface area contributed by atoms with Gasteiger partial charge in [-0.2, -0.15) is 0 Å². The van der Waals surface area contributed by atoms with Crippen molar-refractivity contribution in [3.63, 3.8) is 0 Å². The molecule has 0 spiro atoms. The number of hydrogen-bond acceptors (Lipinski definition) is 3. The molecule has 1 atom stereocenters. The number of phenolic OH excluding ortho intramolecular Hbond substituents is 1. The van der Waals surface area contributed by atoms with Crippen LogP contribution in [0.25, 0.3) is 0 Å². The summed E-state index contributed by atoms with van der Waals surface area (Å²) in [5.74, 6) is 2.91. The first-order valence-corrected chi connectivity index (χ1v) is 7.47. The molecule has 0 fully saturated rings. The van der Waals surface area contributed by atoms with E-state index in [0.29, 0.717) is 23.5 Å². The lowest BCUT2D eigenvalue weighted by Gasteiger charge is -2.27. The predicted octanol–water partition coefficient (Wildman–Crippen LogP) is 3.98. The van der Waals surface area contributed by atoms with Crippen LogP contribution >= 0.6 is 0 Å². The van der Waals surface area contributed by atoms with Crippen LogP contribution in [-0.2, 0) is 0 Å². The first kappa shape index (κ1) is 16.8. The van der Waals surface area contributed by atoms with Crippen molar-refractivity contribution in [1.29, 1.82) is 0 Å². The highest BCUT2D eigenvalue weighted by Crippen LogP contribution is 2.29. The molecule has 0 aliphatic rings. The molecule has 0 aromatic heterocycles. The van der Waals surface area contributed by atoms with Crippen molar-refractivity contribution in [2.24, 2.45) is 17.8 Å². The van der Waals surface area contributed by atoms with E-state index >= 15 is 0 Å². The number of phenols is 1. The topological polar surface area (TPSA) is 41.5 Å². The Balaban J connectivity index is 2.69. The molecule has 0 aliphatic carbocycles. The lowest BCUT2D eigenvalue weighted by Crippen LogP contribution is -2.31. The van der Waals surface area contributed by atoms with Gasteiger partial charge in [0.1, 0.15) is 11.5 Å². The highest BCUT2D eigenvalue weighted by atomic mass is 16.5. The summed E-state index contributed by atoms with van der Waals surface area (Å²) in [6.45, 7) is 12.1. The zero-order chi connectivity index (χ0) is 15.3. The molecule has 0 saturated carbocycles. The number of nitrogens with one attached hydrogen (secondary N) is 1. The Kier molecular flexibility index (Phi) is 6.34. The van der Waals surface area contributed by atoms with Gasteiger partial charge in [-0.15, -0.1) is 0 Å². The first-order chi connectivity index (χ1) is 9.36. The summed E-state index contributed by atoms with van der Waals surface area (Å²) in [6, 6.07) is 5.60. The summed E-state index contributed by atoms with van der Waals surface area (Å²) >= 11 is 0. The van der Waals surface area contributed by atoms with Gasteiger partial charge in [0, 0.05) is 17.7 Å². The summed E-state index contributed by atoms with van der Waals surface area (Å²) < 4.78 is 5.11. The fraction of sp³-hybridized carbons (Fsp3) is 0.647. The van der Waals surface area contributed by atoms with Crippen molar-refractivity contribution < 1.29 is 9.84 Å². The van der Waals surface area contributed by atoms with Crippen LogP contribution < -0.4 is 10.1 Å². The Morgan fingerprint density at radius 2 is 1.70 bits per heavy atom. The van der Waals surface area contributed by atoms with Gasteiger partial charge in [-0.25, -0.2) is 0 Å². The van der Waals surface area contributed by atoms with Crippen LogP contribution in [0.3, 0.4) is 0 Å². The molecule has 0 radical (unpaired) electrons. The smallest absolute Gasteiger partial charge is 0.124 e. The highest BCUT2D eigenvalue weighted by molar-refractivity contribution is 5.41. The Labute approximate surface area is 123 Å². The minimum atomic E-state index is 0.126. The molecule has 1 aromatic rings. The average molecular weight is 279 g/mol. The Hall–Kier alpha value is -1.22. The van der Waals surface area contributed by atoms with Gasteiger partial charge in [0.25, 0.3) is 0 Å². The minimum absolute atomic E-state index is 0.126. The summed E-state index contributed by atoms with van der Waals surface area (Å²) in [5, 5.41) is 13.6. The van der Waals surface area contributed by atoms with Gasteiger partial charge in [0.05, 0.1) is 7.11 Å². The third-order valence-electron chi connectivity index (χ3n) is 4.08. The summed E-state index contributed by atoms with van der Waals surface area (Å²) in [7, 11) is 1.60. The van der Waals surface area contributed by atoms with Crippen molar-refractivity contribution in [3.05, 3.63) is 23.8 Å². The van der Waals surface area contributed by atoms with Crippen molar-refractivity contribution in [1.82, 2.24) is 5.32 Å². The molecular formula is C17H29NO2. The molecule has 0 aliphatic heterocycles. The first-order valence-electron chi connectivity index (χ1n) is 7.47. The monoisotopic (exact) mass is 279 g/mol. The van der Waals surface area contributed by atoms with E-state index in [-0.39, 0.29) is 11.8 Å². The SMILES string of the molecule is COc1ccc(C(C)NCC(C(C)C)C(C)C)c(O)c1. The van der Waals surface area contributed by atoms with Gasteiger partial charge in [-0.05, 0) is 37.3 Å². The van der Waals surface area contributed by atoms with Gasteiger partial charge < -0.3 is 15.2 Å². The van der Waals surface area contributed by atoms with Gasteiger partial charge in [-0.1, -0.05) is 33.8 Å². The molecule has 0 heterocycles. The fourth-order valence-corrected chi connectivity index (χ4v) is 2.68. The van der Waals surface area contributed by atoms with Crippen molar-refractivity contribution >= 4 is 0 Å². The summed E-state index contributed by atoms with van der Waals surface area (Å²) in [6.07, 6.45) is 0. The van der Waals surface area contributed by atoms with Gasteiger partial charge in [0.15, 0.2) is 0 Å². The number of hydrogen-bond donors (Lipinski definition) is 2. The number of rotatable bonds is 7. The van der Waals surface area contributed by atoms with E-state index in [4.69, 9.17) is 4.74 Å². The Morgan fingerprint density at radius 1 is 1.10 bits per heavy atom. The van der Waals surface area contributed by atoms with Crippen molar-refractivity contribution in [2.75, 3.05) is 13.7 Å². The third-order valence-corrected chi connectivity index (χ3v) is 4.08. The molecule has 2 N–H and O–H groups in total. The van der Waals surface area contributed by atoms with Crippen LogP contribution in [0.15, 0.2) is 18.2 Å². The molecule has 3 nitrogen and oxygen atoms in total. The van der Waals surface area contributed by atoms with Gasteiger partial charge in [-0.3, -0.25) is 0 Å². The number of aromatic hydroxyl groups is 1. The maximum absolute atomic E-state index is 10.1. The number of methoxy groups -OCH3 is 1. The van der Waals surface area contributed by atoms with Crippen LogP contribution in [0.1, 0.15) is 46.2 Å². The van der Waals surface area contributed by atoms with E-state index in [2.05, 4.69) is 39.9 Å². The second kappa shape index (κ2) is 7.53.